The van der Waals surface area contributed by atoms with Crippen molar-refractivity contribution in [2.45, 2.75) is 40.7 Å². The van der Waals surface area contributed by atoms with Gasteiger partial charge in [-0.1, -0.05) is 18.2 Å². The van der Waals surface area contributed by atoms with E-state index < -0.39 is 0 Å². The van der Waals surface area contributed by atoms with Crippen LogP contribution in [0.1, 0.15) is 34.6 Å². The highest BCUT2D eigenvalue weighted by atomic mass is 16.5. The van der Waals surface area contributed by atoms with Gasteiger partial charge in [0.2, 0.25) is 0 Å². The van der Waals surface area contributed by atoms with Crippen LogP contribution in [0, 0.1) is 0 Å². The van der Waals surface area contributed by atoms with Crippen molar-refractivity contribution in [3.05, 3.63) is 38.0 Å². The Bertz CT molecular complexity index is 104. The molecule has 2 heteroatoms. The van der Waals surface area contributed by atoms with Gasteiger partial charge in [0.1, 0.15) is 0 Å². The van der Waals surface area contributed by atoms with Crippen LogP contribution >= 0.6 is 0 Å². The predicted molar refractivity (Wildman–Crippen MR) is 75.8 cm³/mol. The second-order valence-corrected chi connectivity index (χ2v) is 2.73. The summed E-state index contributed by atoms with van der Waals surface area (Å²) in [5, 5.41) is 8.56. The minimum absolute atomic E-state index is 0.319. The highest BCUT2D eigenvalue weighted by molar-refractivity contribution is 4.52. The molecule has 1 atom stereocenters. The Labute approximate surface area is 102 Å². The fourth-order valence-corrected chi connectivity index (χ4v) is 0.288. The van der Waals surface area contributed by atoms with E-state index in [-0.39, 0.29) is 6.10 Å². The molecule has 0 aromatic rings. The summed E-state index contributed by atoms with van der Waals surface area (Å²) in [5.74, 6) is 0. The third-order valence-corrected chi connectivity index (χ3v) is 0.563. The van der Waals surface area contributed by atoms with Gasteiger partial charge in [0.25, 0.3) is 0 Å². The minimum Gasteiger partial charge on any atom is -0.391 e. The van der Waals surface area contributed by atoms with Crippen molar-refractivity contribution in [2.75, 3.05) is 13.2 Å². The van der Waals surface area contributed by atoms with Crippen molar-refractivity contribution in [2.24, 2.45) is 0 Å². The molecule has 0 amide bonds. The van der Waals surface area contributed by atoms with Crippen molar-refractivity contribution in [3.8, 4) is 0 Å². The summed E-state index contributed by atoms with van der Waals surface area (Å²) in [6.07, 6.45) is 4.93. The van der Waals surface area contributed by atoms with Gasteiger partial charge in [-0.15, -0.1) is 19.7 Å². The zero-order valence-corrected chi connectivity index (χ0v) is 11.7. The molecule has 0 aromatic heterocycles. The molecule has 0 radical (unpaired) electrons. The molecule has 16 heavy (non-hydrogen) atoms. The first-order valence-electron chi connectivity index (χ1n) is 5.49. The number of hydrogen-bond acceptors (Lipinski definition) is 2. The molecule has 0 bridgehead atoms. The van der Waals surface area contributed by atoms with Gasteiger partial charge in [-0.3, -0.25) is 0 Å². The highest BCUT2D eigenvalue weighted by Crippen LogP contribution is 1.79. The highest BCUT2D eigenvalue weighted by Gasteiger charge is 1.89. The van der Waals surface area contributed by atoms with Gasteiger partial charge in [0.05, 0.1) is 12.7 Å². The Balaban J connectivity index is -0.0000000677. The molecule has 0 rings (SSSR count). The Morgan fingerprint density at radius 2 is 1.31 bits per heavy atom. The SMILES string of the molecule is C=CC.C=CC.C=CC.CCOCC(C)O. The fourth-order valence-electron chi connectivity index (χ4n) is 0.288. The van der Waals surface area contributed by atoms with E-state index in [9.17, 15) is 0 Å². The maximum absolute atomic E-state index is 8.56. The molecule has 1 N–H and O–H groups in total. The molecule has 2 nitrogen and oxygen atoms in total. The first kappa shape index (κ1) is 24.4. The molecular formula is C14H30O2. The summed E-state index contributed by atoms with van der Waals surface area (Å²) in [4.78, 5) is 0. The molecule has 1 unspecified atom stereocenters. The van der Waals surface area contributed by atoms with Crippen molar-refractivity contribution in [1.29, 1.82) is 0 Å². The lowest BCUT2D eigenvalue weighted by molar-refractivity contribution is 0.0527. The Morgan fingerprint density at radius 1 is 1.06 bits per heavy atom. The van der Waals surface area contributed by atoms with Crippen LogP contribution in [0.25, 0.3) is 0 Å². The molecule has 0 aliphatic rings. The van der Waals surface area contributed by atoms with Crippen LogP contribution in [0.3, 0.4) is 0 Å². The first-order chi connectivity index (χ1) is 7.51. The van der Waals surface area contributed by atoms with E-state index in [4.69, 9.17) is 9.84 Å². The summed E-state index contributed by atoms with van der Waals surface area (Å²) in [5.41, 5.74) is 0. The van der Waals surface area contributed by atoms with Gasteiger partial charge in [0.15, 0.2) is 0 Å². The van der Waals surface area contributed by atoms with Crippen LogP contribution in [0.15, 0.2) is 38.0 Å². The van der Waals surface area contributed by atoms with Gasteiger partial charge in [-0.25, -0.2) is 0 Å². The van der Waals surface area contributed by atoms with Crippen molar-refractivity contribution in [3.63, 3.8) is 0 Å². The molecule has 0 saturated carbocycles. The number of aliphatic hydroxyl groups is 1. The molecular weight excluding hydrogens is 200 g/mol. The summed E-state index contributed by atoms with van der Waals surface area (Å²) in [6, 6.07) is 0. The molecule has 0 aliphatic carbocycles. The molecule has 0 aromatic carbocycles. The summed E-state index contributed by atoms with van der Waals surface area (Å²) in [7, 11) is 0. The standard InChI is InChI=1S/C5H12O2.3C3H6/c1-3-7-4-5(2)6;3*1-3-2/h5-6H,3-4H2,1-2H3;3*3H,1H2,2H3. The van der Waals surface area contributed by atoms with Crippen molar-refractivity contribution in [1.82, 2.24) is 0 Å². The second-order valence-electron chi connectivity index (χ2n) is 2.73. The lowest BCUT2D eigenvalue weighted by Gasteiger charge is -2.00. The molecule has 98 valence electrons. The Morgan fingerprint density at radius 3 is 1.38 bits per heavy atom. The number of allylic oxidation sites excluding steroid dienone is 3. The smallest absolute Gasteiger partial charge is 0.0745 e. The third kappa shape index (κ3) is 196. The average molecular weight is 230 g/mol. The fraction of sp³-hybridized carbons (Fsp3) is 0.571. The number of rotatable bonds is 3. The first-order valence-corrected chi connectivity index (χ1v) is 5.49. The summed E-state index contributed by atoms with van der Waals surface area (Å²) in [6.45, 7) is 20.5. The van der Waals surface area contributed by atoms with Gasteiger partial charge in [0, 0.05) is 6.61 Å². The number of hydrogen-bond donors (Lipinski definition) is 1. The predicted octanol–water partition coefficient (Wildman–Crippen LogP) is 3.98. The van der Waals surface area contributed by atoms with E-state index in [2.05, 4.69) is 19.7 Å². The van der Waals surface area contributed by atoms with E-state index in [1.165, 1.54) is 0 Å². The van der Waals surface area contributed by atoms with E-state index >= 15 is 0 Å². The zero-order chi connectivity index (χ0) is 13.8. The van der Waals surface area contributed by atoms with E-state index in [0.717, 1.165) is 0 Å². The van der Waals surface area contributed by atoms with E-state index in [1.54, 1.807) is 25.2 Å². The van der Waals surface area contributed by atoms with Crippen molar-refractivity contribution < 1.29 is 9.84 Å². The third-order valence-electron chi connectivity index (χ3n) is 0.563. The minimum atomic E-state index is -0.319. The molecule has 0 spiro atoms. The van der Waals surface area contributed by atoms with Crippen LogP contribution in [-0.4, -0.2) is 24.4 Å². The van der Waals surface area contributed by atoms with Crippen LogP contribution in [0.4, 0.5) is 0 Å². The monoisotopic (exact) mass is 230 g/mol. The van der Waals surface area contributed by atoms with Crippen LogP contribution in [0.2, 0.25) is 0 Å². The largest absolute Gasteiger partial charge is 0.391 e. The summed E-state index contributed by atoms with van der Waals surface area (Å²) < 4.78 is 4.84. The normalized spacial score (nSPS) is 8.62. The van der Waals surface area contributed by atoms with Crippen LogP contribution < -0.4 is 0 Å². The van der Waals surface area contributed by atoms with Crippen molar-refractivity contribution >= 4 is 0 Å². The molecule has 0 heterocycles. The van der Waals surface area contributed by atoms with Crippen LogP contribution in [0.5, 0.6) is 0 Å². The van der Waals surface area contributed by atoms with Crippen LogP contribution in [-0.2, 0) is 4.74 Å². The topological polar surface area (TPSA) is 29.5 Å². The molecule has 0 aliphatic heterocycles. The number of aliphatic hydroxyl groups excluding tert-OH is 1. The molecule has 0 saturated heterocycles. The lowest BCUT2D eigenvalue weighted by Crippen LogP contribution is -2.09. The average Bonchev–Trinajstić information content (AvgIpc) is 2.18. The maximum atomic E-state index is 8.56. The van der Waals surface area contributed by atoms with Gasteiger partial charge in [-0.2, -0.15) is 0 Å². The summed E-state index contributed by atoms with van der Waals surface area (Å²) >= 11 is 0. The lowest BCUT2D eigenvalue weighted by atomic mass is 10.4. The zero-order valence-electron chi connectivity index (χ0n) is 11.7. The maximum Gasteiger partial charge on any atom is 0.0745 e. The van der Waals surface area contributed by atoms with Gasteiger partial charge >= 0.3 is 0 Å². The van der Waals surface area contributed by atoms with E-state index in [0.29, 0.717) is 13.2 Å². The molecule has 0 fully saturated rings. The van der Waals surface area contributed by atoms with Gasteiger partial charge < -0.3 is 9.84 Å². The second kappa shape index (κ2) is 36.8. The quantitative estimate of drug-likeness (QED) is 0.743. The van der Waals surface area contributed by atoms with E-state index in [1.807, 2.05) is 27.7 Å². The Kier molecular flexibility index (Phi) is 56.2. The number of ether oxygens (including phenoxy) is 1. The Hall–Kier alpha value is -0.860. The van der Waals surface area contributed by atoms with Gasteiger partial charge in [-0.05, 0) is 34.6 Å².